The number of pyridine rings is 1. The highest BCUT2D eigenvalue weighted by molar-refractivity contribution is 7.12. The molecule has 0 aromatic carbocycles. The number of aryl methyl sites for hydroxylation is 1. The molecular formula is C19H23N3OS. The first-order valence-corrected chi connectivity index (χ1v) is 9.49. The van der Waals surface area contributed by atoms with Crippen LogP contribution in [0.1, 0.15) is 27.7 Å². The molecule has 126 valence electrons. The average Bonchev–Trinajstić information content (AvgIpc) is 3.30. The fourth-order valence-corrected chi connectivity index (χ4v) is 4.60. The molecule has 0 bridgehead atoms. The van der Waals surface area contributed by atoms with Gasteiger partial charge in [0.1, 0.15) is 0 Å². The molecule has 0 N–H and O–H groups in total. The first-order chi connectivity index (χ1) is 11.7. The summed E-state index contributed by atoms with van der Waals surface area (Å²) in [6, 6.07) is 8.46. The third-order valence-electron chi connectivity index (χ3n) is 5.05. The summed E-state index contributed by atoms with van der Waals surface area (Å²) < 4.78 is 0. The average molecular weight is 341 g/mol. The van der Waals surface area contributed by atoms with Crippen LogP contribution in [0.25, 0.3) is 0 Å². The Morgan fingerprint density at radius 3 is 2.75 bits per heavy atom. The molecular weight excluding hydrogens is 318 g/mol. The second kappa shape index (κ2) is 6.65. The third kappa shape index (κ3) is 3.37. The van der Waals surface area contributed by atoms with E-state index in [1.807, 2.05) is 23.6 Å². The summed E-state index contributed by atoms with van der Waals surface area (Å²) in [7, 11) is 0. The molecule has 2 aromatic heterocycles. The van der Waals surface area contributed by atoms with E-state index >= 15 is 0 Å². The summed E-state index contributed by atoms with van der Waals surface area (Å²) in [6.45, 7) is 6.68. The molecule has 1 saturated heterocycles. The van der Waals surface area contributed by atoms with Gasteiger partial charge < -0.3 is 4.90 Å². The van der Waals surface area contributed by atoms with E-state index in [0.29, 0.717) is 11.8 Å². The number of aromatic nitrogens is 1. The molecule has 0 spiro atoms. The predicted octanol–water partition coefficient (Wildman–Crippen LogP) is 2.90. The number of carbonyl (C=O) groups is 1. The van der Waals surface area contributed by atoms with Crippen LogP contribution in [0.2, 0.25) is 0 Å². The zero-order chi connectivity index (χ0) is 16.5. The summed E-state index contributed by atoms with van der Waals surface area (Å²) in [5, 5.41) is 0. The van der Waals surface area contributed by atoms with E-state index in [1.54, 1.807) is 6.20 Å². The van der Waals surface area contributed by atoms with E-state index in [0.717, 1.165) is 39.1 Å². The monoisotopic (exact) mass is 341 g/mol. The maximum absolute atomic E-state index is 12.7. The van der Waals surface area contributed by atoms with Gasteiger partial charge in [-0.1, -0.05) is 6.07 Å². The summed E-state index contributed by atoms with van der Waals surface area (Å²) in [5.41, 5.74) is 1.24. The van der Waals surface area contributed by atoms with Crippen LogP contribution in [-0.2, 0) is 11.3 Å². The smallest absolute Gasteiger partial charge is 0.226 e. The summed E-state index contributed by atoms with van der Waals surface area (Å²) in [6.07, 6.45) is 4.77. The predicted molar refractivity (Wildman–Crippen MR) is 96.0 cm³/mol. The second-order valence-electron chi connectivity index (χ2n) is 6.86. The van der Waals surface area contributed by atoms with Crippen molar-refractivity contribution in [1.29, 1.82) is 0 Å². The maximum atomic E-state index is 12.7. The van der Waals surface area contributed by atoms with E-state index < -0.39 is 0 Å². The lowest BCUT2D eigenvalue weighted by atomic mass is 10.2. The van der Waals surface area contributed by atoms with Gasteiger partial charge in [-0.05, 0) is 37.1 Å². The van der Waals surface area contributed by atoms with E-state index in [9.17, 15) is 4.79 Å². The Labute approximate surface area is 147 Å². The normalized spacial score (nSPS) is 24.1. The molecule has 2 aromatic rings. The van der Waals surface area contributed by atoms with Gasteiger partial charge >= 0.3 is 0 Å². The van der Waals surface area contributed by atoms with Gasteiger partial charge in [0.25, 0.3) is 0 Å². The van der Waals surface area contributed by atoms with E-state index in [1.165, 1.54) is 15.3 Å². The van der Waals surface area contributed by atoms with Gasteiger partial charge in [-0.3, -0.25) is 14.7 Å². The zero-order valence-electron chi connectivity index (χ0n) is 14.0. The quantitative estimate of drug-likeness (QED) is 0.858. The Hall–Kier alpha value is -1.72. The minimum Gasteiger partial charge on any atom is -0.340 e. The van der Waals surface area contributed by atoms with E-state index in [-0.39, 0.29) is 5.92 Å². The van der Waals surface area contributed by atoms with Crippen LogP contribution in [0.5, 0.6) is 0 Å². The molecule has 1 amide bonds. The minimum absolute atomic E-state index is 0.230. The number of hydrogen-bond donors (Lipinski definition) is 0. The van der Waals surface area contributed by atoms with Gasteiger partial charge in [0.2, 0.25) is 5.91 Å². The van der Waals surface area contributed by atoms with Crippen LogP contribution in [0.4, 0.5) is 0 Å². The molecule has 24 heavy (non-hydrogen) atoms. The second-order valence-corrected chi connectivity index (χ2v) is 8.18. The molecule has 4 nitrogen and oxygen atoms in total. The van der Waals surface area contributed by atoms with Crippen molar-refractivity contribution >= 4 is 17.2 Å². The number of hydrogen-bond acceptors (Lipinski definition) is 4. The van der Waals surface area contributed by atoms with Gasteiger partial charge in [0.15, 0.2) is 0 Å². The van der Waals surface area contributed by atoms with Crippen molar-refractivity contribution in [1.82, 2.24) is 14.8 Å². The summed E-state index contributed by atoms with van der Waals surface area (Å²) in [5.74, 6) is 1.07. The Morgan fingerprint density at radius 1 is 1.25 bits per heavy atom. The standard InChI is InChI=1S/C19H23N3OS/c1-14-4-5-18(24-14)16-11-17(16)19(23)22-9-7-21(8-10-22)13-15-3-2-6-20-12-15/h2-6,12,16-17H,7-11,13H2,1H3. The molecule has 1 aliphatic carbocycles. The molecule has 5 heteroatoms. The van der Waals surface area contributed by atoms with Gasteiger partial charge in [-0.25, -0.2) is 0 Å². The number of nitrogens with zero attached hydrogens (tertiary/aromatic N) is 3. The van der Waals surface area contributed by atoms with Crippen LogP contribution in [-0.4, -0.2) is 46.9 Å². The lowest BCUT2D eigenvalue weighted by Gasteiger charge is -2.35. The van der Waals surface area contributed by atoms with Crippen LogP contribution in [0.3, 0.4) is 0 Å². The lowest BCUT2D eigenvalue weighted by molar-refractivity contribution is -0.134. The molecule has 2 unspecified atom stereocenters. The van der Waals surface area contributed by atoms with Gasteiger partial charge in [-0.15, -0.1) is 11.3 Å². The number of thiophene rings is 1. The van der Waals surface area contributed by atoms with Crippen LogP contribution >= 0.6 is 11.3 Å². The molecule has 1 aliphatic heterocycles. The largest absolute Gasteiger partial charge is 0.340 e. The first kappa shape index (κ1) is 15.8. The Bertz CT molecular complexity index is 706. The summed E-state index contributed by atoms with van der Waals surface area (Å²) in [4.78, 5) is 24.1. The molecule has 2 atom stereocenters. The van der Waals surface area contributed by atoms with Crippen molar-refractivity contribution in [2.45, 2.75) is 25.8 Å². The third-order valence-corrected chi connectivity index (χ3v) is 6.18. The summed E-state index contributed by atoms with van der Waals surface area (Å²) >= 11 is 1.84. The zero-order valence-corrected chi connectivity index (χ0v) is 14.8. The van der Waals surface area contributed by atoms with Crippen molar-refractivity contribution in [3.05, 3.63) is 52.0 Å². The van der Waals surface area contributed by atoms with Crippen LogP contribution < -0.4 is 0 Å². The van der Waals surface area contributed by atoms with Gasteiger partial charge in [0, 0.05) is 66.7 Å². The van der Waals surface area contributed by atoms with Crippen LogP contribution in [0, 0.1) is 12.8 Å². The number of amides is 1. The topological polar surface area (TPSA) is 36.4 Å². The highest BCUT2D eigenvalue weighted by atomic mass is 32.1. The molecule has 2 fully saturated rings. The number of rotatable bonds is 4. The first-order valence-electron chi connectivity index (χ1n) is 8.67. The highest BCUT2D eigenvalue weighted by Gasteiger charge is 2.46. The van der Waals surface area contributed by atoms with E-state index in [4.69, 9.17) is 0 Å². The van der Waals surface area contributed by atoms with Crippen LogP contribution in [0.15, 0.2) is 36.7 Å². The van der Waals surface area contributed by atoms with Gasteiger partial charge in [0.05, 0.1) is 0 Å². The van der Waals surface area contributed by atoms with Crippen molar-refractivity contribution in [3.8, 4) is 0 Å². The van der Waals surface area contributed by atoms with Crippen molar-refractivity contribution in [2.75, 3.05) is 26.2 Å². The van der Waals surface area contributed by atoms with Crippen molar-refractivity contribution in [3.63, 3.8) is 0 Å². The fraction of sp³-hybridized carbons (Fsp3) is 0.474. The Balaban J connectivity index is 1.28. The highest BCUT2D eigenvalue weighted by Crippen LogP contribution is 2.50. The Kier molecular flexibility index (Phi) is 4.37. The van der Waals surface area contributed by atoms with Crippen molar-refractivity contribution < 1.29 is 4.79 Å². The lowest BCUT2D eigenvalue weighted by Crippen LogP contribution is -2.48. The fourth-order valence-electron chi connectivity index (χ4n) is 3.55. The number of piperazine rings is 1. The SMILES string of the molecule is Cc1ccc(C2CC2C(=O)N2CCN(Cc3cccnc3)CC2)s1. The minimum atomic E-state index is 0.230. The number of carbonyl (C=O) groups excluding carboxylic acids is 1. The molecule has 2 aliphatic rings. The Morgan fingerprint density at radius 2 is 2.08 bits per heavy atom. The molecule has 0 radical (unpaired) electrons. The van der Waals surface area contributed by atoms with Crippen molar-refractivity contribution in [2.24, 2.45) is 5.92 Å². The molecule has 1 saturated carbocycles. The van der Waals surface area contributed by atoms with Gasteiger partial charge in [-0.2, -0.15) is 0 Å². The molecule has 3 heterocycles. The van der Waals surface area contributed by atoms with E-state index in [2.05, 4.69) is 39.9 Å². The molecule has 4 rings (SSSR count). The maximum Gasteiger partial charge on any atom is 0.226 e.